The van der Waals surface area contributed by atoms with Crippen molar-refractivity contribution in [2.45, 2.75) is 6.04 Å². The summed E-state index contributed by atoms with van der Waals surface area (Å²) in [7, 11) is 0. The van der Waals surface area contributed by atoms with E-state index in [1.807, 2.05) is 29.2 Å². The summed E-state index contributed by atoms with van der Waals surface area (Å²) in [6, 6.07) is 7.97. The van der Waals surface area contributed by atoms with Gasteiger partial charge in [-0.15, -0.1) is 0 Å². The topological polar surface area (TPSA) is 35.6 Å². The van der Waals surface area contributed by atoms with E-state index in [4.69, 9.17) is 11.6 Å². The fourth-order valence-electron chi connectivity index (χ4n) is 2.72. The Morgan fingerprint density at radius 2 is 2.17 bits per heavy atom. The van der Waals surface area contributed by atoms with Gasteiger partial charge >= 0.3 is 0 Å². The van der Waals surface area contributed by atoms with E-state index in [-0.39, 0.29) is 11.9 Å². The highest BCUT2D eigenvalue weighted by atomic mass is 35.5. The van der Waals surface area contributed by atoms with Crippen LogP contribution in [0, 0.1) is 0 Å². The molecule has 1 aromatic rings. The molecule has 1 unspecified atom stereocenters. The smallest absolute Gasteiger partial charge is 0.242 e. The number of rotatable bonds is 1. The zero-order valence-corrected chi connectivity index (χ0v) is 10.9. The van der Waals surface area contributed by atoms with Crippen LogP contribution in [0.25, 0.3) is 0 Å². The third-order valence-corrected chi connectivity index (χ3v) is 3.94. The van der Waals surface area contributed by atoms with Gasteiger partial charge in [0, 0.05) is 26.2 Å². The lowest BCUT2D eigenvalue weighted by molar-refractivity contribution is -0.134. The average molecular weight is 266 g/mol. The van der Waals surface area contributed by atoms with E-state index in [1.54, 1.807) is 0 Å². The molecule has 2 aliphatic heterocycles. The lowest BCUT2D eigenvalue weighted by atomic mass is 10.1. The number of piperazine rings is 2. The van der Waals surface area contributed by atoms with Gasteiger partial charge in [-0.2, -0.15) is 0 Å². The lowest BCUT2D eigenvalue weighted by Gasteiger charge is -2.44. The summed E-state index contributed by atoms with van der Waals surface area (Å²) in [6.07, 6.45) is 0. The van der Waals surface area contributed by atoms with Gasteiger partial charge in [0.25, 0.3) is 0 Å². The van der Waals surface area contributed by atoms with Gasteiger partial charge in [-0.1, -0.05) is 23.7 Å². The van der Waals surface area contributed by atoms with E-state index in [1.165, 1.54) is 0 Å². The van der Waals surface area contributed by atoms with Gasteiger partial charge in [-0.3, -0.25) is 4.79 Å². The Hall–Kier alpha value is -1.26. The highest BCUT2D eigenvalue weighted by Crippen LogP contribution is 2.27. The van der Waals surface area contributed by atoms with Crippen LogP contribution in [0.2, 0.25) is 5.02 Å². The molecule has 0 saturated carbocycles. The maximum Gasteiger partial charge on any atom is 0.242 e. The van der Waals surface area contributed by atoms with Crippen LogP contribution < -0.4 is 10.2 Å². The first-order chi connectivity index (χ1) is 8.75. The van der Waals surface area contributed by atoms with Crippen LogP contribution in [0.3, 0.4) is 0 Å². The van der Waals surface area contributed by atoms with Gasteiger partial charge < -0.3 is 15.1 Å². The van der Waals surface area contributed by atoms with Crippen molar-refractivity contribution in [3.8, 4) is 0 Å². The number of hydrogen-bond acceptors (Lipinski definition) is 3. The Morgan fingerprint density at radius 1 is 1.33 bits per heavy atom. The highest BCUT2D eigenvalue weighted by molar-refractivity contribution is 6.33. The molecule has 1 aromatic carbocycles. The number of halogens is 1. The molecule has 0 bridgehead atoms. The summed E-state index contributed by atoms with van der Waals surface area (Å²) in [4.78, 5) is 16.2. The minimum Gasteiger partial charge on any atom is -0.359 e. The second-order valence-corrected chi connectivity index (χ2v) is 5.18. The Kier molecular flexibility index (Phi) is 3.14. The quantitative estimate of drug-likeness (QED) is 0.822. The molecular weight excluding hydrogens is 250 g/mol. The zero-order valence-electron chi connectivity index (χ0n) is 10.1. The van der Waals surface area contributed by atoms with Gasteiger partial charge in [0.15, 0.2) is 0 Å². The van der Waals surface area contributed by atoms with Crippen LogP contribution in [0.1, 0.15) is 0 Å². The van der Waals surface area contributed by atoms with E-state index in [2.05, 4.69) is 10.2 Å². The van der Waals surface area contributed by atoms with E-state index in [0.717, 1.165) is 31.9 Å². The molecule has 2 fully saturated rings. The summed E-state index contributed by atoms with van der Waals surface area (Å²) >= 11 is 6.20. The number of para-hydroxylation sites is 1. The number of hydrogen-bond donors (Lipinski definition) is 1. The number of anilines is 1. The molecule has 1 amide bonds. The number of nitrogens with one attached hydrogen (secondary N) is 1. The summed E-state index contributed by atoms with van der Waals surface area (Å²) in [6.45, 7) is 3.86. The second-order valence-electron chi connectivity index (χ2n) is 4.78. The van der Waals surface area contributed by atoms with E-state index in [9.17, 15) is 4.79 Å². The van der Waals surface area contributed by atoms with Crippen molar-refractivity contribution in [2.24, 2.45) is 0 Å². The number of benzene rings is 1. The van der Waals surface area contributed by atoms with Crippen LogP contribution in [-0.4, -0.2) is 49.6 Å². The fourth-order valence-corrected chi connectivity index (χ4v) is 2.97. The fraction of sp³-hybridized carbons (Fsp3) is 0.462. The van der Waals surface area contributed by atoms with Gasteiger partial charge in [0.05, 0.1) is 23.3 Å². The van der Waals surface area contributed by atoms with Crippen molar-refractivity contribution in [2.75, 3.05) is 37.6 Å². The van der Waals surface area contributed by atoms with Gasteiger partial charge in [-0.25, -0.2) is 0 Å². The van der Waals surface area contributed by atoms with Crippen molar-refractivity contribution in [1.29, 1.82) is 0 Å². The molecule has 0 aliphatic carbocycles. The van der Waals surface area contributed by atoms with Gasteiger partial charge in [-0.05, 0) is 12.1 Å². The monoisotopic (exact) mass is 265 g/mol. The Balaban J connectivity index is 1.83. The zero-order chi connectivity index (χ0) is 12.5. The number of carbonyl (C=O) groups is 1. The maximum atomic E-state index is 12.1. The number of fused-ring (bicyclic) bond motifs is 1. The molecule has 2 saturated heterocycles. The number of carbonyl (C=O) groups excluding carboxylic acids is 1. The molecule has 0 aromatic heterocycles. The maximum absolute atomic E-state index is 12.1. The van der Waals surface area contributed by atoms with Crippen molar-refractivity contribution < 1.29 is 4.79 Å². The first-order valence-corrected chi connectivity index (χ1v) is 6.63. The molecule has 18 heavy (non-hydrogen) atoms. The third kappa shape index (κ3) is 2.06. The Labute approximate surface area is 112 Å². The molecule has 2 heterocycles. The van der Waals surface area contributed by atoms with Crippen LogP contribution in [0.15, 0.2) is 24.3 Å². The van der Waals surface area contributed by atoms with Crippen LogP contribution in [-0.2, 0) is 4.79 Å². The van der Waals surface area contributed by atoms with Crippen LogP contribution in [0.4, 0.5) is 5.69 Å². The van der Waals surface area contributed by atoms with E-state index >= 15 is 0 Å². The highest BCUT2D eigenvalue weighted by Gasteiger charge is 2.34. The van der Waals surface area contributed by atoms with Crippen molar-refractivity contribution in [3.63, 3.8) is 0 Å². The Morgan fingerprint density at radius 3 is 3.00 bits per heavy atom. The van der Waals surface area contributed by atoms with E-state index in [0.29, 0.717) is 11.6 Å². The molecule has 0 spiro atoms. The first-order valence-electron chi connectivity index (χ1n) is 6.25. The predicted octanol–water partition coefficient (Wildman–Crippen LogP) is 0.960. The first kappa shape index (κ1) is 11.8. The molecule has 1 N–H and O–H groups in total. The standard InChI is InChI=1S/C13H16ClN3O/c14-11-3-1-2-4-12(11)16-8-10-7-15-5-6-17(10)13(18)9-16/h1-4,10,15H,5-9H2. The normalized spacial score (nSPS) is 24.1. The van der Waals surface area contributed by atoms with Crippen molar-refractivity contribution in [3.05, 3.63) is 29.3 Å². The summed E-state index contributed by atoms with van der Waals surface area (Å²) < 4.78 is 0. The Bertz CT molecular complexity index is 465. The van der Waals surface area contributed by atoms with Crippen molar-refractivity contribution in [1.82, 2.24) is 10.2 Å². The minimum absolute atomic E-state index is 0.202. The predicted molar refractivity (Wildman–Crippen MR) is 72.0 cm³/mol. The SMILES string of the molecule is O=C1CN(c2ccccc2Cl)CC2CNCCN12. The van der Waals surface area contributed by atoms with Crippen molar-refractivity contribution >= 4 is 23.2 Å². The van der Waals surface area contributed by atoms with E-state index < -0.39 is 0 Å². The summed E-state index contributed by atoms with van der Waals surface area (Å²) in [5, 5.41) is 4.05. The average Bonchev–Trinajstić information content (AvgIpc) is 2.39. The molecule has 5 heteroatoms. The molecule has 1 atom stereocenters. The molecule has 4 nitrogen and oxygen atoms in total. The van der Waals surface area contributed by atoms with Gasteiger partial charge in [0.2, 0.25) is 5.91 Å². The summed E-state index contributed by atoms with van der Waals surface area (Å²) in [5.74, 6) is 0.202. The van der Waals surface area contributed by atoms with Crippen LogP contribution >= 0.6 is 11.6 Å². The number of nitrogens with zero attached hydrogens (tertiary/aromatic N) is 2. The third-order valence-electron chi connectivity index (χ3n) is 3.62. The molecule has 3 rings (SSSR count). The molecule has 0 radical (unpaired) electrons. The van der Waals surface area contributed by atoms with Gasteiger partial charge in [0.1, 0.15) is 0 Å². The second kappa shape index (κ2) is 4.78. The largest absolute Gasteiger partial charge is 0.359 e. The lowest BCUT2D eigenvalue weighted by Crippen LogP contribution is -2.63. The number of amides is 1. The summed E-state index contributed by atoms with van der Waals surface area (Å²) in [5.41, 5.74) is 0.956. The van der Waals surface area contributed by atoms with Crippen LogP contribution in [0.5, 0.6) is 0 Å². The molecule has 96 valence electrons. The molecular formula is C13H16ClN3O. The molecule has 2 aliphatic rings. The minimum atomic E-state index is 0.202.